The Morgan fingerprint density at radius 2 is 2.08 bits per heavy atom. The standard InChI is InChI=1S/C19H29ClN2O2/c1-13(16-5-4-10-21-12-16)11-18(23)22-14(2)19(24-3)15-6-8-17(20)9-7-15/h6-9,13-14,16,19,21H,4-5,10-12H2,1-3H3,(H,22,23). The normalized spacial score (nSPS) is 21.8. The number of nitrogens with one attached hydrogen (secondary N) is 2. The number of amides is 1. The Kier molecular flexibility index (Phi) is 7.53. The van der Waals surface area contributed by atoms with Crippen LogP contribution in [0.15, 0.2) is 24.3 Å². The fourth-order valence-electron chi connectivity index (χ4n) is 3.49. The molecule has 1 saturated heterocycles. The van der Waals surface area contributed by atoms with Gasteiger partial charge < -0.3 is 15.4 Å². The van der Waals surface area contributed by atoms with Crippen molar-refractivity contribution in [3.8, 4) is 0 Å². The smallest absolute Gasteiger partial charge is 0.220 e. The third kappa shape index (κ3) is 5.47. The molecule has 0 aromatic heterocycles. The lowest BCUT2D eigenvalue weighted by molar-refractivity contribution is -0.124. The molecule has 134 valence electrons. The van der Waals surface area contributed by atoms with Crippen molar-refractivity contribution in [3.63, 3.8) is 0 Å². The van der Waals surface area contributed by atoms with Gasteiger partial charge in [-0.05, 0) is 62.4 Å². The Morgan fingerprint density at radius 1 is 1.38 bits per heavy atom. The molecule has 1 aromatic rings. The van der Waals surface area contributed by atoms with Crippen LogP contribution in [0.2, 0.25) is 5.02 Å². The molecule has 4 unspecified atom stereocenters. The quantitative estimate of drug-likeness (QED) is 0.788. The molecule has 2 N–H and O–H groups in total. The van der Waals surface area contributed by atoms with Gasteiger partial charge in [-0.2, -0.15) is 0 Å². The highest BCUT2D eigenvalue weighted by molar-refractivity contribution is 6.30. The van der Waals surface area contributed by atoms with Crippen LogP contribution in [0.3, 0.4) is 0 Å². The van der Waals surface area contributed by atoms with Gasteiger partial charge in [-0.15, -0.1) is 0 Å². The second kappa shape index (κ2) is 9.40. The molecule has 1 aromatic carbocycles. The molecule has 24 heavy (non-hydrogen) atoms. The molecule has 0 radical (unpaired) electrons. The Bertz CT molecular complexity index is 515. The van der Waals surface area contributed by atoms with Crippen LogP contribution in [-0.4, -0.2) is 32.1 Å². The minimum atomic E-state index is -0.183. The first-order valence-electron chi connectivity index (χ1n) is 8.79. The van der Waals surface area contributed by atoms with Gasteiger partial charge in [-0.1, -0.05) is 30.7 Å². The molecule has 0 spiro atoms. The fraction of sp³-hybridized carbons (Fsp3) is 0.632. The fourth-order valence-corrected chi connectivity index (χ4v) is 3.62. The van der Waals surface area contributed by atoms with Crippen molar-refractivity contribution in [3.05, 3.63) is 34.9 Å². The first kappa shape index (κ1) is 19.2. The van der Waals surface area contributed by atoms with Gasteiger partial charge in [0.15, 0.2) is 0 Å². The van der Waals surface area contributed by atoms with Gasteiger partial charge in [0.25, 0.3) is 0 Å². The van der Waals surface area contributed by atoms with Crippen LogP contribution in [-0.2, 0) is 9.53 Å². The number of methoxy groups -OCH3 is 1. The Morgan fingerprint density at radius 3 is 2.67 bits per heavy atom. The highest BCUT2D eigenvalue weighted by Crippen LogP contribution is 2.24. The molecule has 0 saturated carbocycles. The van der Waals surface area contributed by atoms with Gasteiger partial charge in [-0.3, -0.25) is 4.79 Å². The van der Waals surface area contributed by atoms with Crippen molar-refractivity contribution >= 4 is 17.5 Å². The minimum Gasteiger partial charge on any atom is -0.375 e. The maximum absolute atomic E-state index is 12.4. The van der Waals surface area contributed by atoms with Crippen molar-refractivity contribution in [1.82, 2.24) is 10.6 Å². The zero-order chi connectivity index (χ0) is 17.5. The van der Waals surface area contributed by atoms with Crippen LogP contribution in [0.4, 0.5) is 0 Å². The van der Waals surface area contributed by atoms with Crippen LogP contribution in [0.1, 0.15) is 44.8 Å². The average Bonchev–Trinajstić information content (AvgIpc) is 2.58. The Hall–Kier alpha value is -1.10. The zero-order valence-corrected chi connectivity index (χ0v) is 15.6. The number of halogens is 1. The summed E-state index contributed by atoms with van der Waals surface area (Å²) in [7, 11) is 1.66. The molecular weight excluding hydrogens is 324 g/mol. The van der Waals surface area contributed by atoms with Gasteiger partial charge in [0.2, 0.25) is 5.91 Å². The SMILES string of the molecule is COC(c1ccc(Cl)cc1)C(C)NC(=O)CC(C)C1CCCNC1. The van der Waals surface area contributed by atoms with Gasteiger partial charge >= 0.3 is 0 Å². The molecule has 1 aliphatic heterocycles. The molecule has 4 atom stereocenters. The molecule has 2 rings (SSSR count). The summed E-state index contributed by atoms with van der Waals surface area (Å²) in [5.74, 6) is 1.08. The van der Waals surface area contributed by atoms with Gasteiger partial charge in [-0.25, -0.2) is 0 Å². The summed E-state index contributed by atoms with van der Waals surface area (Å²) in [6.07, 6.45) is 2.80. The third-order valence-corrected chi connectivity index (χ3v) is 5.19. The highest BCUT2D eigenvalue weighted by Gasteiger charge is 2.25. The Balaban J connectivity index is 1.87. The Labute approximate surface area is 150 Å². The van der Waals surface area contributed by atoms with Gasteiger partial charge in [0, 0.05) is 18.6 Å². The molecule has 0 aliphatic carbocycles. The summed E-state index contributed by atoms with van der Waals surface area (Å²) in [6.45, 7) is 6.28. The van der Waals surface area contributed by atoms with Crippen LogP contribution in [0.25, 0.3) is 0 Å². The van der Waals surface area contributed by atoms with Crippen LogP contribution < -0.4 is 10.6 Å². The maximum Gasteiger partial charge on any atom is 0.220 e. The minimum absolute atomic E-state index is 0.0941. The number of hydrogen-bond acceptors (Lipinski definition) is 3. The van der Waals surface area contributed by atoms with Crippen molar-refractivity contribution < 1.29 is 9.53 Å². The molecule has 1 fully saturated rings. The van der Waals surface area contributed by atoms with Gasteiger partial charge in [0.1, 0.15) is 6.10 Å². The van der Waals surface area contributed by atoms with E-state index in [-0.39, 0.29) is 18.1 Å². The number of rotatable bonds is 7. The largest absolute Gasteiger partial charge is 0.375 e. The first-order valence-corrected chi connectivity index (χ1v) is 9.17. The van der Waals surface area contributed by atoms with E-state index in [1.54, 1.807) is 7.11 Å². The molecule has 4 nitrogen and oxygen atoms in total. The highest BCUT2D eigenvalue weighted by atomic mass is 35.5. The summed E-state index contributed by atoms with van der Waals surface area (Å²) in [5.41, 5.74) is 1.01. The second-order valence-corrected chi connectivity index (χ2v) is 7.29. The van der Waals surface area contributed by atoms with Crippen molar-refractivity contribution in [2.75, 3.05) is 20.2 Å². The lowest BCUT2D eigenvalue weighted by atomic mass is 9.85. The van der Waals surface area contributed by atoms with E-state index >= 15 is 0 Å². The lowest BCUT2D eigenvalue weighted by Crippen LogP contribution is -2.40. The van der Waals surface area contributed by atoms with E-state index < -0.39 is 0 Å². The van der Waals surface area contributed by atoms with E-state index in [9.17, 15) is 4.79 Å². The topological polar surface area (TPSA) is 50.4 Å². The summed E-state index contributed by atoms with van der Waals surface area (Å²) in [6, 6.07) is 7.47. The number of ether oxygens (including phenoxy) is 1. The van der Waals surface area contributed by atoms with Crippen LogP contribution in [0.5, 0.6) is 0 Å². The molecule has 1 heterocycles. The lowest BCUT2D eigenvalue weighted by Gasteiger charge is -2.29. The molecular formula is C19H29ClN2O2. The molecule has 0 bridgehead atoms. The number of benzene rings is 1. The third-order valence-electron chi connectivity index (χ3n) is 4.94. The average molecular weight is 353 g/mol. The molecule has 1 amide bonds. The van der Waals surface area contributed by atoms with Gasteiger partial charge in [0.05, 0.1) is 6.04 Å². The van der Waals surface area contributed by atoms with Crippen LogP contribution in [0, 0.1) is 11.8 Å². The summed E-state index contributed by atoms with van der Waals surface area (Å²) in [4.78, 5) is 12.4. The summed E-state index contributed by atoms with van der Waals surface area (Å²) < 4.78 is 5.59. The van der Waals surface area contributed by atoms with E-state index in [1.165, 1.54) is 12.8 Å². The van der Waals surface area contributed by atoms with E-state index in [0.717, 1.165) is 18.7 Å². The number of carbonyl (C=O) groups excluding carboxylic acids is 1. The zero-order valence-electron chi connectivity index (χ0n) is 14.8. The second-order valence-electron chi connectivity index (χ2n) is 6.85. The van der Waals surface area contributed by atoms with Crippen molar-refractivity contribution in [1.29, 1.82) is 0 Å². The number of hydrogen-bond donors (Lipinski definition) is 2. The maximum atomic E-state index is 12.4. The first-order chi connectivity index (χ1) is 11.5. The molecule has 1 aliphatic rings. The predicted octanol–water partition coefficient (Wildman–Crippen LogP) is 3.56. The summed E-state index contributed by atoms with van der Waals surface area (Å²) >= 11 is 5.94. The van der Waals surface area contributed by atoms with E-state index in [2.05, 4.69) is 17.6 Å². The van der Waals surface area contributed by atoms with E-state index in [4.69, 9.17) is 16.3 Å². The van der Waals surface area contributed by atoms with Crippen molar-refractivity contribution in [2.24, 2.45) is 11.8 Å². The predicted molar refractivity (Wildman–Crippen MR) is 98.2 cm³/mol. The number of carbonyl (C=O) groups is 1. The van der Waals surface area contributed by atoms with E-state index in [1.807, 2.05) is 31.2 Å². The van der Waals surface area contributed by atoms with E-state index in [0.29, 0.717) is 23.3 Å². The summed E-state index contributed by atoms with van der Waals surface area (Å²) in [5, 5.41) is 7.21. The monoisotopic (exact) mass is 352 g/mol. The van der Waals surface area contributed by atoms with Crippen molar-refractivity contribution in [2.45, 2.75) is 45.3 Å². The van der Waals surface area contributed by atoms with Crippen LogP contribution >= 0.6 is 11.6 Å². The number of piperidine rings is 1. The molecule has 5 heteroatoms.